The van der Waals surface area contributed by atoms with Crippen LogP contribution in [-0.2, 0) is 13.0 Å². The van der Waals surface area contributed by atoms with Crippen molar-refractivity contribution in [2.24, 2.45) is 0 Å². The van der Waals surface area contributed by atoms with Crippen LogP contribution in [0.1, 0.15) is 29.7 Å². The first-order chi connectivity index (χ1) is 9.31. The zero-order valence-corrected chi connectivity index (χ0v) is 10.9. The van der Waals surface area contributed by atoms with Crippen molar-refractivity contribution >= 4 is 5.91 Å². The van der Waals surface area contributed by atoms with Gasteiger partial charge in [-0.2, -0.15) is 0 Å². The monoisotopic (exact) mass is 259 g/mol. The van der Waals surface area contributed by atoms with Crippen LogP contribution in [0.5, 0.6) is 0 Å². The number of aromatic nitrogens is 4. The Morgan fingerprint density at radius 2 is 2.21 bits per heavy atom. The molecular weight excluding hydrogens is 242 g/mol. The first-order valence-corrected chi connectivity index (χ1v) is 6.35. The van der Waals surface area contributed by atoms with Crippen LogP contribution in [0.25, 0.3) is 0 Å². The molecule has 0 radical (unpaired) electrons. The zero-order chi connectivity index (χ0) is 13.5. The molecule has 0 aliphatic carbocycles. The van der Waals surface area contributed by atoms with Crippen LogP contribution in [0.3, 0.4) is 0 Å². The number of carbonyl (C=O) groups excluding carboxylic acids is 1. The van der Waals surface area contributed by atoms with Gasteiger partial charge in [0.2, 0.25) is 0 Å². The number of hydrogen-bond donors (Lipinski definition) is 1. The van der Waals surface area contributed by atoms with Gasteiger partial charge in [-0.15, -0.1) is 0 Å². The predicted octanol–water partition coefficient (Wildman–Crippen LogP) is 1.06. The topological polar surface area (TPSA) is 72.7 Å². The summed E-state index contributed by atoms with van der Waals surface area (Å²) in [4.78, 5) is 23.8. The average Bonchev–Trinajstić information content (AvgIpc) is 2.91. The van der Waals surface area contributed by atoms with Gasteiger partial charge < -0.3 is 9.88 Å². The smallest absolute Gasteiger partial charge is 0.271 e. The Labute approximate surface area is 111 Å². The summed E-state index contributed by atoms with van der Waals surface area (Å²) < 4.78 is 2.11. The number of rotatable bonds is 6. The molecule has 2 rings (SSSR count). The normalized spacial score (nSPS) is 10.4. The molecule has 6 nitrogen and oxygen atoms in total. The number of imidazole rings is 1. The standard InChI is InChI=1S/C13H17N5O/c1-2-12-16-7-9-18(12)8-3-4-17-13(19)11-10-14-5-6-15-11/h5-7,9-10H,2-4,8H2,1H3,(H,17,19). The summed E-state index contributed by atoms with van der Waals surface area (Å²) in [6.07, 6.45) is 10.0. The molecule has 2 heterocycles. The summed E-state index contributed by atoms with van der Waals surface area (Å²) in [7, 11) is 0. The van der Waals surface area contributed by atoms with E-state index in [2.05, 4.69) is 31.8 Å². The lowest BCUT2D eigenvalue weighted by atomic mass is 10.3. The fourth-order valence-electron chi connectivity index (χ4n) is 1.82. The second-order valence-corrected chi connectivity index (χ2v) is 4.09. The molecule has 0 atom stereocenters. The van der Waals surface area contributed by atoms with Gasteiger partial charge in [0.1, 0.15) is 11.5 Å². The number of aryl methyl sites for hydroxylation is 2. The SMILES string of the molecule is CCc1nccn1CCCNC(=O)c1cnccn1. The maximum atomic E-state index is 11.7. The van der Waals surface area contributed by atoms with Crippen LogP contribution in [-0.4, -0.2) is 32.0 Å². The van der Waals surface area contributed by atoms with Gasteiger partial charge in [-0.1, -0.05) is 6.92 Å². The molecule has 0 aromatic carbocycles. The molecule has 0 aliphatic heterocycles. The van der Waals surface area contributed by atoms with Crippen LogP contribution < -0.4 is 5.32 Å². The van der Waals surface area contributed by atoms with E-state index < -0.39 is 0 Å². The number of amides is 1. The summed E-state index contributed by atoms with van der Waals surface area (Å²) in [5.74, 6) is 0.884. The van der Waals surface area contributed by atoms with Gasteiger partial charge >= 0.3 is 0 Å². The third-order valence-electron chi connectivity index (χ3n) is 2.78. The van der Waals surface area contributed by atoms with Crippen molar-refractivity contribution in [1.82, 2.24) is 24.8 Å². The van der Waals surface area contributed by atoms with Crippen molar-refractivity contribution in [2.75, 3.05) is 6.54 Å². The maximum absolute atomic E-state index is 11.7. The van der Waals surface area contributed by atoms with E-state index in [0.717, 1.165) is 25.2 Å². The van der Waals surface area contributed by atoms with Crippen molar-refractivity contribution in [1.29, 1.82) is 0 Å². The first kappa shape index (κ1) is 13.2. The lowest BCUT2D eigenvalue weighted by Crippen LogP contribution is -2.26. The van der Waals surface area contributed by atoms with E-state index in [1.165, 1.54) is 12.4 Å². The minimum atomic E-state index is -0.186. The highest BCUT2D eigenvalue weighted by Crippen LogP contribution is 1.99. The molecule has 0 aliphatic rings. The molecule has 6 heteroatoms. The molecule has 19 heavy (non-hydrogen) atoms. The van der Waals surface area contributed by atoms with Gasteiger partial charge in [0.05, 0.1) is 6.20 Å². The highest BCUT2D eigenvalue weighted by atomic mass is 16.1. The van der Waals surface area contributed by atoms with Crippen LogP contribution in [0, 0.1) is 0 Å². The zero-order valence-electron chi connectivity index (χ0n) is 10.9. The molecule has 1 N–H and O–H groups in total. The summed E-state index contributed by atoms with van der Waals surface area (Å²) in [6, 6.07) is 0. The Morgan fingerprint density at radius 1 is 1.32 bits per heavy atom. The van der Waals surface area contributed by atoms with E-state index in [0.29, 0.717) is 12.2 Å². The summed E-state index contributed by atoms with van der Waals surface area (Å²) >= 11 is 0. The van der Waals surface area contributed by atoms with Crippen LogP contribution in [0.4, 0.5) is 0 Å². The van der Waals surface area contributed by atoms with Gasteiger partial charge in [-0.05, 0) is 6.42 Å². The van der Waals surface area contributed by atoms with Gasteiger partial charge in [-0.25, -0.2) is 9.97 Å². The van der Waals surface area contributed by atoms with Gasteiger partial charge in [0, 0.05) is 44.3 Å². The third kappa shape index (κ3) is 3.61. The van der Waals surface area contributed by atoms with Gasteiger partial charge in [-0.3, -0.25) is 9.78 Å². The van der Waals surface area contributed by atoms with E-state index in [9.17, 15) is 4.79 Å². The van der Waals surface area contributed by atoms with Crippen LogP contribution >= 0.6 is 0 Å². The quantitative estimate of drug-likeness (QED) is 0.787. The second kappa shape index (κ2) is 6.63. The highest BCUT2D eigenvalue weighted by molar-refractivity contribution is 5.91. The second-order valence-electron chi connectivity index (χ2n) is 4.09. The van der Waals surface area contributed by atoms with Crippen molar-refractivity contribution in [3.63, 3.8) is 0 Å². The van der Waals surface area contributed by atoms with Crippen molar-refractivity contribution in [2.45, 2.75) is 26.3 Å². The number of hydrogen-bond acceptors (Lipinski definition) is 4. The third-order valence-corrected chi connectivity index (χ3v) is 2.78. The maximum Gasteiger partial charge on any atom is 0.271 e. The minimum Gasteiger partial charge on any atom is -0.351 e. The lowest BCUT2D eigenvalue weighted by molar-refractivity contribution is 0.0947. The highest BCUT2D eigenvalue weighted by Gasteiger charge is 2.05. The fourth-order valence-corrected chi connectivity index (χ4v) is 1.82. The van der Waals surface area contributed by atoms with E-state index in [1.807, 2.05) is 6.20 Å². The summed E-state index contributed by atoms with van der Waals surface area (Å²) in [6.45, 7) is 3.54. The molecule has 0 saturated carbocycles. The molecule has 0 fully saturated rings. The molecule has 2 aromatic rings. The Morgan fingerprint density at radius 3 is 2.95 bits per heavy atom. The Balaban J connectivity index is 1.74. The Bertz CT molecular complexity index is 523. The minimum absolute atomic E-state index is 0.186. The molecule has 1 amide bonds. The van der Waals surface area contributed by atoms with Crippen molar-refractivity contribution in [3.8, 4) is 0 Å². The number of nitrogens with zero attached hydrogens (tertiary/aromatic N) is 4. The fraction of sp³-hybridized carbons (Fsp3) is 0.385. The summed E-state index contributed by atoms with van der Waals surface area (Å²) in [5.41, 5.74) is 0.347. The molecule has 0 saturated heterocycles. The van der Waals surface area contributed by atoms with Crippen LogP contribution in [0.15, 0.2) is 31.0 Å². The molecule has 100 valence electrons. The summed E-state index contributed by atoms with van der Waals surface area (Å²) in [5, 5.41) is 2.82. The molecule has 2 aromatic heterocycles. The number of nitrogens with one attached hydrogen (secondary N) is 1. The van der Waals surface area contributed by atoms with Gasteiger partial charge in [0.25, 0.3) is 5.91 Å². The molecule has 0 spiro atoms. The molecule has 0 bridgehead atoms. The largest absolute Gasteiger partial charge is 0.351 e. The first-order valence-electron chi connectivity index (χ1n) is 6.35. The Hall–Kier alpha value is -2.24. The van der Waals surface area contributed by atoms with E-state index in [4.69, 9.17) is 0 Å². The van der Waals surface area contributed by atoms with Crippen molar-refractivity contribution < 1.29 is 4.79 Å². The lowest BCUT2D eigenvalue weighted by Gasteiger charge is -2.07. The molecule has 0 unspecified atom stereocenters. The Kier molecular flexibility index (Phi) is 4.60. The van der Waals surface area contributed by atoms with E-state index >= 15 is 0 Å². The molecular formula is C13H17N5O. The van der Waals surface area contributed by atoms with E-state index in [-0.39, 0.29) is 5.91 Å². The van der Waals surface area contributed by atoms with E-state index in [1.54, 1.807) is 12.4 Å². The van der Waals surface area contributed by atoms with Crippen molar-refractivity contribution in [3.05, 3.63) is 42.5 Å². The van der Waals surface area contributed by atoms with Crippen LogP contribution in [0.2, 0.25) is 0 Å². The average molecular weight is 259 g/mol. The predicted molar refractivity (Wildman–Crippen MR) is 70.6 cm³/mol. The van der Waals surface area contributed by atoms with Gasteiger partial charge in [0.15, 0.2) is 0 Å². The number of carbonyl (C=O) groups is 1.